The Morgan fingerprint density at radius 3 is 2.68 bits per heavy atom. The molecule has 1 saturated carbocycles. The van der Waals surface area contributed by atoms with E-state index in [0.29, 0.717) is 6.04 Å². The van der Waals surface area contributed by atoms with Gasteiger partial charge in [0.2, 0.25) is 0 Å². The fraction of sp³-hybridized carbons (Fsp3) is 0.625. The average Bonchev–Trinajstić information content (AvgIpc) is 2.45. The maximum atomic E-state index is 6.45. The van der Waals surface area contributed by atoms with E-state index in [1.54, 1.807) is 0 Å². The summed E-state index contributed by atoms with van der Waals surface area (Å²) in [6, 6.07) is 6.89. The lowest BCUT2D eigenvalue weighted by atomic mass is 9.93. The molecule has 3 heteroatoms. The molecule has 0 unspecified atom stereocenters. The van der Waals surface area contributed by atoms with Crippen molar-refractivity contribution in [3.8, 4) is 0 Å². The van der Waals surface area contributed by atoms with E-state index in [-0.39, 0.29) is 0 Å². The summed E-state index contributed by atoms with van der Waals surface area (Å²) in [4.78, 5) is 2.41. The average molecular weight is 281 g/mol. The molecule has 0 saturated heterocycles. The van der Waals surface area contributed by atoms with Gasteiger partial charge in [-0.3, -0.25) is 0 Å². The van der Waals surface area contributed by atoms with Crippen molar-refractivity contribution < 1.29 is 0 Å². The third-order valence-corrected chi connectivity index (χ3v) is 4.42. The van der Waals surface area contributed by atoms with Crippen molar-refractivity contribution in [3.05, 3.63) is 28.8 Å². The van der Waals surface area contributed by atoms with Crippen molar-refractivity contribution in [2.75, 3.05) is 18.5 Å². The van der Waals surface area contributed by atoms with E-state index in [9.17, 15) is 0 Å². The number of anilines is 1. The zero-order valence-corrected chi connectivity index (χ0v) is 12.8. The Hall–Kier alpha value is -0.730. The van der Waals surface area contributed by atoms with Crippen LogP contribution in [0.4, 0.5) is 5.69 Å². The number of rotatable bonds is 5. The molecular weight excluding hydrogens is 256 g/mol. The number of para-hydroxylation sites is 1. The van der Waals surface area contributed by atoms with Crippen LogP contribution >= 0.6 is 11.6 Å². The molecule has 0 spiro atoms. The lowest BCUT2D eigenvalue weighted by molar-refractivity contribution is 0.427. The summed E-state index contributed by atoms with van der Waals surface area (Å²) in [5.41, 5.74) is 2.53. The Balaban J connectivity index is 2.20. The number of nitrogens with one attached hydrogen (secondary N) is 1. The summed E-state index contributed by atoms with van der Waals surface area (Å²) in [5.74, 6) is 0. The van der Waals surface area contributed by atoms with Gasteiger partial charge in [-0.1, -0.05) is 49.9 Å². The van der Waals surface area contributed by atoms with E-state index in [4.69, 9.17) is 11.6 Å². The Labute approximate surface area is 122 Å². The van der Waals surface area contributed by atoms with Crippen molar-refractivity contribution in [2.24, 2.45) is 0 Å². The van der Waals surface area contributed by atoms with E-state index in [0.717, 1.165) is 18.1 Å². The number of benzene rings is 1. The fourth-order valence-corrected chi connectivity index (χ4v) is 3.34. The highest BCUT2D eigenvalue weighted by Crippen LogP contribution is 2.33. The topological polar surface area (TPSA) is 15.3 Å². The van der Waals surface area contributed by atoms with Gasteiger partial charge in [-0.15, -0.1) is 0 Å². The predicted octanol–water partition coefficient (Wildman–Crippen LogP) is 4.22. The fourth-order valence-electron chi connectivity index (χ4n) is 3.01. The van der Waals surface area contributed by atoms with Crippen LogP contribution < -0.4 is 10.2 Å². The van der Waals surface area contributed by atoms with Gasteiger partial charge in [0, 0.05) is 19.6 Å². The molecule has 106 valence electrons. The standard InChI is InChI=1S/C16H25ClN2/c1-3-18-12-13-8-7-11-15(17)16(13)19(2)14-9-5-4-6-10-14/h7-8,11,14,18H,3-6,9-10,12H2,1-2H3. The van der Waals surface area contributed by atoms with Gasteiger partial charge in [0.05, 0.1) is 10.7 Å². The van der Waals surface area contributed by atoms with E-state index < -0.39 is 0 Å². The molecule has 0 amide bonds. The lowest BCUT2D eigenvalue weighted by Crippen LogP contribution is -2.34. The first-order chi connectivity index (χ1) is 9.24. The van der Waals surface area contributed by atoms with Crippen LogP contribution in [0, 0.1) is 0 Å². The maximum Gasteiger partial charge on any atom is 0.0642 e. The smallest absolute Gasteiger partial charge is 0.0642 e. The van der Waals surface area contributed by atoms with Crippen LogP contribution in [-0.2, 0) is 6.54 Å². The van der Waals surface area contributed by atoms with E-state index in [1.807, 2.05) is 12.1 Å². The van der Waals surface area contributed by atoms with Gasteiger partial charge in [0.15, 0.2) is 0 Å². The van der Waals surface area contributed by atoms with Crippen molar-refractivity contribution in [3.63, 3.8) is 0 Å². The molecule has 0 heterocycles. The summed E-state index contributed by atoms with van der Waals surface area (Å²) in [6.07, 6.45) is 6.67. The molecule has 2 nitrogen and oxygen atoms in total. The highest BCUT2D eigenvalue weighted by Gasteiger charge is 2.21. The Morgan fingerprint density at radius 1 is 1.26 bits per heavy atom. The third-order valence-electron chi connectivity index (χ3n) is 4.11. The molecular formula is C16H25ClN2. The molecule has 0 bridgehead atoms. The molecule has 1 aliphatic carbocycles. The van der Waals surface area contributed by atoms with Gasteiger partial charge in [0.25, 0.3) is 0 Å². The number of hydrogen-bond donors (Lipinski definition) is 1. The van der Waals surface area contributed by atoms with Gasteiger partial charge in [-0.2, -0.15) is 0 Å². The van der Waals surface area contributed by atoms with Crippen LogP contribution in [0.2, 0.25) is 5.02 Å². The van der Waals surface area contributed by atoms with Crippen LogP contribution in [0.3, 0.4) is 0 Å². The minimum Gasteiger partial charge on any atom is -0.370 e. The molecule has 1 aliphatic rings. The minimum atomic E-state index is 0.647. The quantitative estimate of drug-likeness (QED) is 0.869. The lowest BCUT2D eigenvalue weighted by Gasteiger charge is -2.34. The van der Waals surface area contributed by atoms with Crippen molar-refractivity contribution in [1.82, 2.24) is 5.32 Å². The molecule has 0 aromatic heterocycles. The Morgan fingerprint density at radius 2 is 2.00 bits per heavy atom. The summed E-state index contributed by atoms with van der Waals surface area (Å²) in [6.45, 7) is 4.01. The normalized spacial score (nSPS) is 16.6. The van der Waals surface area contributed by atoms with Crippen LogP contribution in [-0.4, -0.2) is 19.6 Å². The Kier molecular flexibility index (Phi) is 5.53. The second-order valence-electron chi connectivity index (χ2n) is 5.43. The number of halogens is 1. The minimum absolute atomic E-state index is 0.647. The molecule has 1 fully saturated rings. The molecule has 19 heavy (non-hydrogen) atoms. The summed E-state index contributed by atoms with van der Waals surface area (Å²) >= 11 is 6.45. The summed E-state index contributed by atoms with van der Waals surface area (Å²) in [5, 5.41) is 4.28. The number of nitrogens with zero attached hydrogens (tertiary/aromatic N) is 1. The van der Waals surface area contributed by atoms with Crippen LogP contribution in [0.15, 0.2) is 18.2 Å². The molecule has 0 atom stereocenters. The van der Waals surface area contributed by atoms with Gasteiger partial charge < -0.3 is 10.2 Å². The molecule has 1 aromatic rings. The summed E-state index contributed by atoms with van der Waals surface area (Å²) < 4.78 is 0. The Bertz CT molecular complexity index is 400. The molecule has 1 N–H and O–H groups in total. The molecule has 2 rings (SSSR count). The SMILES string of the molecule is CCNCc1cccc(Cl)c1N(C)C1CCCCC1. The monoisotopic (exact) mass is 280 g/mol. The molecule has 0 aliphatic heterocycles. The largest absolute Gasteiger partial charge is 0.370 e. The third kappa shape index (κ3) is 3.64. The van der Waals surface area contributed by atoms with Crippen LogP contribution in [0.25, 0.3) is 0 Å². The zero-order chi connectivity index (χ0) is 13.7. The molecule has 1 aromatic carbocycles. The van der Waals surface area contributed by atoms with Crippen LogP contribution in [0.5, 0.6) is 0 Å². The maximum absolute atomic E-state index is 6.45. The van der Waals surface area contributed by atoms with E-state index in [2.05, 4.69) is 30.3 Å². The van der Waals surface area contributed by atoms with E-state index >= 15 is 0 Å². The number of hydrogen-bond acceptors (Lipinski definition) is 2. The van der Waals surface area contributed by atoms with Crippen molar-refractivity contribution in [1.29, 1.82) is 0 Å². The van der Waals surface area contributed by atoms with Crippen LogP contribution in [0.1, 0.15) is 44.6 Å². The van der Waals surface area contributed by atoms with Crippen molar-refractivity contribution in [2.45, 2.75) is 51.6 Å². The highest BCUT2D eigenvalue weighted by molar-refractivity contribution is 6.33. The zero-order valence-electron chi connectivity index (χ0n) is 12.1. The first kappa shape index (κ1) is 14.7. The van der Waals surface area contributed by atoms with Gasteiger partial charge >= 0.3 is 0 Å². The second-order valence-corrected chi connectivity index (χ2v) is 5.84. The first-order valence-corrected chi connectivity index (χ1v) is 7.82. The van der Waals surface area contributed by atoms with Gasteiger partial charge in [0.1, 0.15) is 0 Å². The van der Waals surface area contributed by atoms with E-state index in [1.165, 1.54) is 43.4 Å². The first-order valence-electron chi connectivity index (χ1n) is 7.45. The molecule has 0 radical (unpaired) electrons. The second kappa shape index (κ2) is 7.16. The van der Waals surface area contributed by atoms with Gasteiger partial charge in [-0.25, -0.2) is 0 Å². The summed E-state index contributed by atoms with van der Waals surface area (Å²) in [7, 11) is 2.20. The predicted molar refractivity (Wildman–Crippen MR) is 84.1 cm³/mol. The highest BCUT2D eigenvalue weighted by atomic mass is 35.5. The van der Waals surface area contributed by atoms with Crippen molar-refractivity contribution >= 4 is 17.3 Å². The van der Waals surface area contributed by atoms with Gasteiger partial charge in [-0.05, 0) is 31.0 Å².